The fourth-order valence-corrected chi connectivity index (χ4v) is 1.46. The standard InChI is InChI=1S/C12H18N2O3/c1-8(2)17-11-5-9(13)4-10(6-11)14(3)7-12(15)16/h4-6,8H,7,13H2,1-3H3,(H,15,16). The number of benzene rings is 1. The number of carboxylic acids is 1. The number of nitrogens with two attached hydrogens (primary N) is 1. The van der Waals surface area contributed by atoms with E-state index in [0.29, 0.717) is 11.4 Å². The van der Waals surface area contributed by atoms with E-state index in [1.54, 1.807) is 30.1 Å². The van der Waals surface area contributed by atoms with E-state index in [2.05, 4.69) is 0 Å². The molecule has 0 unspecified atom stereocenters. The summed E-state index contributed by atoms with van der Waals surface area (Å²) >= 11 is 0. The molecule has 0 aromatic heterocycles. The Morgan fingerprint density at radius 1 is 1.47 bits per heavy atom. The lowest BCUT2D eigenvalue weighted by molar-refractivity contribution is -0.135. The Labute approximate surface area is 101 Å². The van der Waals surface area contributed by atoms with Gasteiger partial charge in [0.15, 0.2) is 0 Å². The van der Waals surface area contributed by atoms with Gasteiger partial charge in [-0.15, -0.1) is 0 Å². The molecule has 0 fully saturated rings. The Morgan fingerprint density at radius 2 is 2.12 bits per heavy atom. The van der Waals surface area contributed by atoms with Gasteiger partial charge in [-0.05, 0) is 19.9 Å². The number of nitrogen functional groups attached to an aromatic ring is 1. The van der Waals surface area contributed by atoms with E-state index >= 15 is 0 Å². The Balaban J connectivity index is 2.92. The lowest BCUT2D eigenvalue weighted by Gasteiger charge is -2.19. The van der Waals surface area contributed by atoms with Crippen LogP contribution in [0.15, 0.2) is 18.2 Å². The molecule has 0 amide bonds. The maximum Gasteiger partial charge on any atom is 0.323 e. The summed E-state index contributed by atoms with van der Waals surface area (Å²) in [5.74, 6) is -0.242. The van der Waals surface area contributed by atoms with Crippen molar-refractivity contribution in [1.29, 1.82) is 0 Å². The van der Waals surface area contributed by atoms with E-state index in [4.69, 9.17) is 15.6 Å². The number of anilines is 2. The van der Waals surface area contributed by atoms with Gasteiger partial charge in [-0.3, -0.25) is 4.79 Å². The van der Waals surface area contributed by atoms with Gasteiger partial charge in [0, 0.05) is 30.6 Å². The van der Waals surface area contributed by atoms with Crippen molar-refractivity contribution >= 4 is 17.3 Å². The van der Waals surface area contributed by atoms with Crippen LogP contribution in [-0.4, -0.2) is 30.8 Å². The molecule has 17 heavy (non-hydrogen) atoms. The first kappa shape index (κ1) is 13.2. The van der Waals surface area contributed by atoms with Gasteiger partial charge in [-0.1, -0.05) is 0 Å². The molecule has 0 radical (unpaired) electrons. The Hall–Kier alpha value is -1.91. The minimum absolute atomic E-state index is 0.0504. The second kappa shape index (κ2) is 5.43. The Morgan fingerprint density at radius 3 is 2.65 bits per heavy atom. The van der Waals surface area contributed by atoms with Crippen molar-refractivity contribution in [2.75, 3.05) is 24.2 Å². The summed E-state index contributed by atoms with van der Waals surface area (Å²) in [4.78, 5) is 12.2. The maximum absolute atomic E-state index is 10.6. The average molecular weight is 238 g/mol. The molecule has 0 aliphatic carbocycles. The SMILES string of the molecule is CC(C)Oc1cc(N)cc(N(C)CC(=O)O)c1. The highest BCUT2D eigenvalue weighted by molar-refractivity contribution is 5.74. The summed E-state index contributed by atoms with van der Waals surface area (Å²) in [5, 5.41) is 8.73. The van der Waals surface area contributed by atoms with Gasteiger partial charge in [-0.25, -0.2) is 0 Å². The summed E-state index contributed by atoms with van der Waals surface area (Å²) in [5.41, 5.74) is 7.03. The Kier molecular flexibility index (Phi) is 4.20. The molecule has 0 saturated carbocycles. The van der Waals surface area contributed by atoms with Crippen molar-refractivity contribution in [3.63, 3.8) is 0 Å². The molecule has 3 N–H and O–H groups in total. The summed E-state index contributed by atoms with van der Waals surface area (Å²) in [6.07, 6.45) is 0.0504. The second-order valence-corrected chi connectivity index (χ2v) is 4.18. The summed E-state index contributed by atoms with van der Waals surface area (Å²) in [7, 11) is 1.70. The third kappa shape index (κ3) is 4.22. The first-order chi connectivity index (χ1) is 7.88. The van der Waals surface area contributed by atoms with Crippen molar-refractivity contribution < 1.29 is 14.6 Å². The van der Waals surface area contributed by atoms with Crippen LogP contribution in [0.4, 0.5) is 11.4 Å². The monoisotopic (exact) mass is 238 g/mol. The predicted molar refractivity (Wildman–Crippen MR) is 67.5 cm³/mol. The molecule has 0 atom stereocenters. The van der Waals surface area contributed by atoms with Crippen LogP contribution in [0.2, 0.25) is 0 Å². The van der Waals surface area contributed by atoms with E-state index < -0.39 is 5.97 Å². The average Bonchev–Trinajstić information content (AvgIpc) is 2.14. The van der Waals surface area contributed by atoms with Crippen molar-refractivity contribution in [3.8, 4) is 5.75 Å². The molecule has 0 spiro atoms. The molecule has 94 valence electrons. The lowest BCUT2D eigenvalue weighted by atomic mass is 10.2. The molecule has 0 bridgehead atoms. The van der Waals surface area contributed by atoms with Crippen LogP contribution in [0, 0.1) is 0 Å². The smallest absolute Gasteiger partial charge is 0.323 e. The minimum atomic E-state index is -0.888. The molecule has 1 aromatic carbocycles. The normalized spacial score (nSPS) is 10.4. The third-order valence-corrected chi connectivity index (χ3v) is 2.10. The number of carboxylic acid groups (broad SMARTS) is 1. The zero-order valence-corrected chi connectivity index (χ0v) is 10.3. The predicted octanol–water partition coefficient (Wildman–Crippen LogP) is 1.58. The van der Waals surface area contributed by atoms with Crippen LogP contribution in [-0.2, 0) is 4.79 Å². The third-order valence-electron chi connectivity index (χ3n) is 2.10. The van der Waals surface area contributed by atoms with Crippen LogP contribution in [0.5, 0.6) is 5.75 Å². The van der Waals surface area contributed by atoms with Gasteiger partial charge in [0.05, 0.1) is 6.10 Å². The highest BCUT2D eigenvalue weighted by Gasteiger charge is 2.08. The van der Waals surface area contributed by atoms with Crippen LogP contribution in [0.25, 0.3) is 0 Å². The van der Waals surface area contributed by atoms with Crippen molar-refractivity contribution in [2.24, 2.45) is 0 Å². The molecule has 5 heteroatoms. The molecule has 0 saturated heterocycles. The fourth-order valence-electron chi connectivity index (χ4n) is 1.46. The number of hydrogen-bond donors (Lipinski definition) is 2. The number of hydrogen-bond acceptors (Lipinski definition) is 4. The van der Waals surface area contributed by atoms with Gasteiger partial charge < -0.3 is 20.5 Å². The van der Waals surface area contributed by atoms with Crippen LogP contribution in [0.3, 0.4) is 0 Å². The highest BCUT2D eigenvalue weighted by atomic mass is 16.5. The minimum Gasteiger partial charge on any atom is -0.491 e. The summed E-state index contributed by atoms with van der Waals surface area (Å²) in [6.45, 7) is 3.76. The van der Waals surface area contributed by atoms with Gasteiger partial charge >= 0.3 is 5.97 Å². The second-order valence-electron chi connectivity index (χ2n) is 4.18. The molecular formula is C12H18N2O3. The van der Waals surface area contributed by atoms with Crippen LogP contribution < -0.4 is 15.4 Å². The fraction of sp³-hybridized carbons (Fsp3) is 0.417. The summed E-state index contributed by atoms with van der Waals surface area (Å²) in [6, 6.07) is 5.22. The number of ether oxygens (including phenoxy) is 1. The lowest BCUT2D eigenvalue weighted by Crippen LogP contribution is -2.25. The van der Waals surface area contributed by atoms with Gasteiger partial charge in [-0.2, -0.15) is 0 Å². The molecule has 0 heterocycles. The van der Waals surface area contributed by atoms with E-state index in [0.717, 1.165) is 5.69 Å². The first-order valence-corrected chi connectivity index (χ1v) is 5.38. The molecule has 1 aromatic rings. The maximum atomic E-state index is 10.6. The van der Waals surface area contributed by atoms with Crippen LogP contribution in [0.1, 0.15) is 13.8 Å². The van der Waals surface area contributed by atoms with Crippen molar-refractivity contribution in [1.82, 2.24) is 0 Å². The Bertz CT molecular complexity index is 405. The van der Waals surface area contributed by atoms with Gasteiger partial charge in [0.2, 0.25) is 0 Å². The zero-order chi connectivity index (χ0) is 13.0. The number of carbonyl (C=O) groups is 1. The van der Waals surface area contributed by atoms with E-state index in [1.807, 2.05) is 13.8 Å². The molecule has 0 aliphatic heterocycles. The number of rotatable bonds is 5. The van der Waals surface area contributed by atoms with Crippen molar-refractivity contribution in [2.45, 2.75) is 20.0 Å². The van der Waals surface area contributed by atoms with Crippen LogP contribution >= 0.6 is 0 Å². The molecule has 0 aliphatic rings. The quantitative estimate of drug-likeness (QED) is 0.762. The number of aliphatic carboxylic acids is 1. The number of likely N-dealkylation sites (N-methyl/N-ethyl adjacent to an activating group) is 1. The first-order valence-electron chi connectivity index (χ1n) is 5.38. The zero-order valence-electron chi connectivity index (χ0n) is 10.3. The van der Waals surface area contributed by atoms with Crippen molar-refractivity contribution in [3.05, 3.63) is 18.2 Å². The highest BCUT2D eigenvalue weighted by Crippen LogP contribution is 2.25. The molecule has 5 nitrogen and oxygen atoms in total. The molecular weight excluding hydrogens is 220 g/mol. The topological polar surface area (TPSA) is 75.8 Å². The van der Waals surface area contributed by atoms with Gasteiger partial charge in [0.1, 0.15) is 12.3 Å². The summed E-state index contributed by atoms with van der Waals surface area (Å²) < 4.78 is 5.54. The van der Waals surface area contributed by atoms with E-state index in [1.165, 1.54) is 0 Å². The van der Waals surface area contributed by atoms with E-state index in [9.17, 15) is 4.79 Å². The molecule has 1 rings (SSSR count). The number of nitrogens with zero attached hydrogens (tertiary/aromatic N) is 1. The van der Waals surface area contributed by atoms with Gasteiger partial charge in [0.25, 0.3) is 0 Å². The van der Waals surface area contributed by atoms with E-state index in [-0.39, 0.29) is 12.6 Å². The largest absolute Gasteiger partial charge is 0.491 e.